The van der Waals surface area contributed by atoms with Gasteiger partial charge in [0, 0.05) is 59.1 Å². The maximum atomic E-state index is 11.8. The number of esters is 6. The first kappa shape index (κ1) is 56.0. The highest BCUT2D eigenvalue weighted by Crippen LogP contribution is 2.59. The molecular formula is C45H60F3NO17S. The molecule has 22 heteroatoms. The minimum Gasteiger partial charge on any atom is -0.478 e. The van der Waals surface area contributed by atoms with Gasteiger partial charge < -0.3 is 38.6 Å². The normalized spacial score (nSPS) is 29.7. The van der Waals surface area contributed by atoms with Gasteiger partial charge >= 0.3 is 57.3 Å². The van der Waals surface area contributed by atoms with Gasteiger partial charge in [0.05, 0.1) is 18.1 Å². The number of carbonyl (C=O) groups is 7. The van der Waals surface area contributed by atoms with Crippen LogP contribution in [0.15, 0.2) is 60.8 Å². The zero-order chi connectivity index (χ0) is 51.0. The molecule has 0 aromatic heterocycles. The van der Waals surface area contributed by atoms with Crippen molar-refractivity contribution in [3.05, 3.63) is 60.8 Å². The number of nitrogens with one attached hydrogen (secondary N) is 1. The van der Waals surface area contributed by atoms with E-state index in [1.165, 1.54) is 31.9 Å². The smallest absolute Gasteiger partial charge is 0.478 e. The van der Waals surface area contributed by atoms with Gasteiger partial charge in [0.15, 0.2) is 0 Å². The summed E-state index contributed by atoms with van der Waals surface area (Å²) in [5, 5.41) is 18.4. The van der Waals surface area contributed by atoms with E-state index in [1.807, 2.05) is 0 Å². The average molecular weight is 976 g/mol. The number of sulfonamides is 1. The molecule has 2 aliphatic heterocycles. The highest BCUT2D eigenvalue weighted by molar-refractivity contribution is 7.90. The lowest BCUT2D eigenvalue weighted by molar-refractivity contribution is -0.217. The van der Waals surface area contributed by atoms with E-state index in [0.717, 1.165) is 38.5 Å². The van der Waals surface area contributed by atoms with E-state index < -0.39 is 69.9 Å². The molecule has 6 bridgehead atoms. The molecule has 8 unspecified atom stereocenters. The number of rotatable bonds is 12. The van der Waals surface area contributed by atoms with E-state index in [9.17, 15) is 60.3 Å². The van der Waals surface area contributed by atoms with Crippen LogP contribution in [0.2, 0.25) is 0 Å². The quantitative estimate of drug-likeness (QED) is 0.102. The van der Waals surface area contributed by atoms with Gasteiger partial charge in [-0.2, -0.15) is 13.2 Å². The Bertz CT molecular complexity index is 2110. The van der Waals surface area contributed by atoms with Gasteiger partial charge in [0.1, 0.15) is 24.4 Å². The fraction of sp³-hybridized carbons (Fsp3) is 0.622. The van der Waals surface area contributed by atoms with Crippen molar-refractivity contribution in [3.8, 4) is 0 Å². The van der Waals surface area contributed by atoms with E-state index in [2.05, 4.69) is 42.4 Å². The number of aliphatic hydroxyl groups is 1. The molecule has 0 radical (unpaired) electrons. The summed E-state index contributed by atoms with van der Waals surface area (Å²) in [5.41, 5.74) is -4.96. The van der Waals surface area contributed by atoms with Crippen LogP contribution in [0.4, 0.5) is 13.2 Å². The molecule has 8 aliphatic rings. The molecule has 2 heterocycles. The van der Waals surface area contributed by atoms with Crippen molar-refractivity contribution in [2.45, 2.75) is 127 Å². The lowest BCUT2D eigenvalue weighted by atomic mass is 9.52. The minimum atomic E-state index is -5.38. The predicted molar refractivity (Wildman–Crippen MR) is 229 cm³/mol. The summed E-state index contributed by atoms with van der Waals surface area (Å²) in [6.45, 7) is 23.8. The van der Waals surface area contributed by atoms with Crippen molar-refractivity contribution in [1.29, 1.82) is 0 Å². The molecule has 6 aliphatic carbocycles. The molecule has 0 aromatic rings. The van der Waals surface area contributed by atoms with Gasteiger partial charge in [-0.3, -0.25) is 4.79 Å². The fourth-order valence-corrected chi connectivity index (χ4v) is 9.68. The second kappa shape index (κ2) is 22.6. The summed E-state index contributed by atoms with van der Waals surface area (Å²) < 4.78 is 87.5. The Balaban J connectivity index is 0.000000229. The fourth-order valence-electron chi connectivity index (χ4n) is 9.16. The summed E-state index contributed by atoms with van der Waals surface area (Å²) in [6.07, 6.45) is 6.55. The number of carboxylic acids is 1. The summed E-state index contributed by atoms with van der Waals surface area (Å²) in [5.74, 6) is -1.80. The number of ether oxygens (including phenoxy) is 6. The van der Waals surface area contributed by atoms with E-state index in [-0.39, 0.29) is 58.7 Å². The van der Waals surface area contributed by atoms with Crippen LogP contribution >= 0.6 is 0 Å². The Morgan fingerprint density at radius 2 is 1.30 bits per heavy atom. The molecule has 8 atom stereocenters. The molecular weight excluding hydrogens is 916 g/mol. The van der Waals surface area contributed by atoms with Crippen LogP contribution in [-0.2, 0) is 72.0 Å². The molecule has 2 saturated heterocycles. The monoisotopic (exact) mass is 975 g/mol. The van der Waals surface area contributed by atoms with Gasteiger partial charge in [-0.25, -0.2) is 41.9 Å². The summed E-state index contributed by atoms with van der Waals surface area (Å²) >= 11 is 0. The Hall–Kier alpha value is -5.35. The number of hydrogen-bond acceptors (Lipinski definition) is 16. The van der Waals surface area contributed by atoms with Gasteiger partial charge in [-0.15, -0.1) is 0 Å². The molecule has 6 saturated carbocycles. The summed E-state index contributed by atoms with van der Waals surface area (Å²) in [7, 11) is -5.38. The van der Waals surface area contributed by atoms with E-state index in [0.29, 0.717) is 48.3 Å². The molecule has 3 N–H and O–H groups in total. The third kappa shape index (κ3) is 15.3. The van der Waals surface area contributed by atoms with Crippen LogP contribution in [-0.4, -0.2) is 115 Å². The van der Waals surface area contributed by atoms with Crippen LogP contribution < -0.4 is 4.72 Å². The van der Waals surface area contributed by atoms with Crippen LogP contribution in [0.3, 0.4) is 0 Å². The number of hydrogen-bond donors (Lipinski definition) is 3. The van der Waals surface area contributed by atoms with Crippen molar-refractivity contribution in [1.82, 2.24) is 4.72 Å². The lowest BCUT2D eigenvalue weighted by Crippen LogP contribution is -2.60. The predicted octanol–water partition coefficient (Wildman–Crippen LogP) is 4.86. The molecule has 18 nitrogen and oxygen atoms in total. The summed E-state index contributed by atoms with van der Waals surface area (Å²) in [4.78, 5) is 76.7. The number of carbonyl (C=O) groups excluding carboxylic acids is 6. The third-order valence-corrected chi connectivity index (χ3v) is 13.0. The van der Waals surface area contributed by atoms with Crippen molar-refractivity contribution in [3.63, 3.8) is 0 Å². The number of aliphatic carboxylic acids is 1. The lowest BCUT2D eigenvalue weighted by Gasteiger charge is -2.59. The zero-order valence-corrected chi connectivity index (χ0v) is 39.0. The summed E-state index contributed by atoms with van der Waals surface area (Å²) in [6, 6.07) is 0. The van der Waals surface area contributed by atoms with E-state index >= 15 is 0 Å². The maximum absolute atomic E-state index is 11.8. The second-order valence-electron chi connectivity index (χ2n) is 18.1. The molecule has 0 aromatic carbocycles. The Morgan fingerprint density at radius 3 is 1.75 bits per heavy atom. The first-order chi connectivity index (χ1) is 30.8. The molecule has 67 heavy (non-hydrogen) atoms. The highest BCUT2D eigenvalue weighted by atomic mass is 32.2. The first-order valence-electron chi connectivity index (χ1n) is 21.3. The third-order valence-electron chi connectivity index (χ3n) is 11.8. The molecule has 0 spiro atoms. The van der Waals surface area contributed by atoms with Crippen molar-refractivity contribution in [2.75, 3.05) is 19.8 Å². The van der Waals surface area contributed by atoms with E-state index in [1.54, 1.807) is 13.8 Å². The topological polar surface area (TPSA) is 261 Å². The second-order valence-corrected chi connectivity index (χ2v) is 19.8. The van der Waals surface area contributed by atoms with Gasteiger partial charge in [0.2, 0.25) is 6.10 Å². The van der Waals surface area contributed by atoms with Gasteiger partial charge in [-0.05, 0) is 91.4 Å². The van der Waals surface area contributed by atoms with Crippen molar-refractivity contribution >= 4 is 51.8 Å². The number of halogens is 3. The number of alkyl halides is 3. The molecule has 374 valence electrons. The Morgan fingerprint density at radius 1 is 0.776 bits per heavy atom. The number of cyclic esters (lactones) is 1. The molecule has 8 fully saturated rings. The van der Waals surface area contributed by atoms with Crippen LogP contribution in [0.1, 0.15) is 92.4 Å². The van der Waals surface area contributed by atoms with Crippen molar-refractivity contribution < 1.29 is 93.8 Å². The average Bonchev–Trinajstić information content (AvgIpc) is 3.94. The molecule has 0 amide bonds. The van der Waals surface area contributed by atoms with Gasteiger partial charge in [-0.1, -0.05) is 32.9 Å². The van der Waals surface area contributed by atoms with Crippen LogP contribution in [0.5, 0.6) is 0 Å². The van der Waals surface area contributed by atoms with Crippen molar-refractivity contribution in [2.24, 2.45) is 29.6 Å². The highest BCUT2D eigenvalue weighted by Gasteiger charge is 2.63. The largest absolute Gasteiger partial charge is 0.511 e. The zero-order valence-electron chi connectivity index (χ0n) is 38.2. The standard InChI is InChI=1S/C14H20O3.C12H14O4.C8H10O4.C7H10F3NO4S.C4H6O2/c1-9(2)12(15)17-14-6-10-3-11(7-14)5-13(16,4-10)8-14;1-5(2)11(13)15-9-6-3-7-8(4-6)12(14)16-10(7)9;1-5(2)7(9)12-6-3-4-11-8(6)10;1-5(2)6(12)15-4-3-11-16(13,14)7(8,9)10;1-3(2)4(5)6/h10-11,16H,1,3-8H2,2H3;6-10H,1,3-4H2,2H3;6H,1,3-4H2,2H3;11H,1,3-4H2,2H3;1H2,2H3,(H,5,6). The Kier molecular flexibility index (Phi) is 18.9. The number of fused-ring (bicyclic) bond motifs is 1. The Labute approximate surface area is 387 Å². The van der Waals surface area contributed by atoms with E-state index in [4.69, 9.17) is 24.1 Å². The van der Waals surface area contributed by atoms with Gasteiger partial charge in [0.25, 0.3) is 0 Å². The minimum absolute atomic E-state index is 0.0646. The number of carboxylic acid groups (broad SMARTS) is 1. The molecule has 8 rings (SSSR count). The van der Waals surface area contributed by atoms with Crippen LogP contribution in [0.25, 0.3) is 0 Å². The maximum Gasteiger partial charge on any atom is 0.511 e. The SMILES string of the molecule is C=C(C)C(=O)O.C=C(C)C(=O)OC12CC3CC(CC(O)(C3)C1)C2.C=C(C)C(=O)OC1C2CC3C(=O)OC1C3C2.C=C(C)C(=O)OC1CCOC1=O.C=C(C)C(=O)OCCNS(=O)(=O)C(F)(F)F. The first-order valence-corrected chi connectivity index (χ1v) is 22.8. The van der Waals surface area contributed by atoms with Crippen LogP contribution in [0, 0.1) is 29.6 Å².